The molecule has 5 nitrogen and oxygen atoms in total. The van der Waals surface area contributed by atoms with Gasteiger partial charge in [-0.2, -0.15) is 13.2 Å². The lowest BCUT2D eigenvalue weighted by Gasteiger charge is -2.24. The molecule has 33 heavy (non-hydrogen) atoms. The number of alkyl halides is 3. The predicted octanol–water partition coefficient (Wildman–Crippen LogP) is 5.87. The maximum Gasteiger partial charge on any atom is 0.416 e. The second-order valence-electron chi connectivity index (χ2n) is 7.47. The van der Waals surface area contributed by atoms with E-state index < -0.39 is 17.8 Å². The third kappa shape index (κ3) is 6.83. The second kappa shape index (κ2) is 10.7. The standard InChI is InChI=1S/C25H24F3N3O2/c1-18-8-5-12-21(16-18)30-24(33)31(22-13-6-11-20(17-22)25(26,27)28)15-7-14-29-23(32)19-9-3-2-4-10-19/h2-6,8-13,16-17H,7,14-15H2,1H3,(H,29,32)(H,30,33). The van der Waals surface area contributed by atoms with Crippen LogP contribution in [0.1, 0.15) is 27.9 Å². The predicted molar refractivity (Wildman–Crippen MR) is 122 cm³/mol. The number of carbonyl (C=O) groups excluding carboxylic acids is 2. The van der Waals surface area contributed by atoms with Crippen LogP contribution in [0.5, 0.6) is 0 Å². The molecule has 8 heteroatoms. The fourth-order valence-corrected chi connectivity index (χ4v) is 3.24. The first-order valence-electron chi connectivity index (χ1n) is 10.4. The van der Waals surface area contributed by atoms with Crippen LogP contribution in [0.4, 0.5) is 29.3 Å². The van der Waals surface area contributed by atoms with E-state index in [0.29, 0.717) is 17.7 Å². The Kier molecular flexibility index (Phi) is 7.71. The van der Waals surface area contributed by atoms with Crippen molar-refractivity contribution < 1.29 is 22.8 Å². The fraction of sp³-hybridized carbons (Fsp3) is 0.200. The maximum atomic E-state index is 13.2. The molecule has 0 aliphatic rings. The summed E-state index contributed by atoms with van der Waals surface area (Å²) < 4.78 is 39.6. The number of rotatable bonds is 7. The van der Waals surface area contributed by atoms with E-state index in [0.717, 1.165) is 17.7 Å². The van der Waals surface area contributed by atoms with Gasteiger partial charge in [0.2, 0.25) is 0 Å². The number of hydrogen-bond donors (Lipinski definition) is 2. The smallest absolute Gasteiger partial charge is 0.352 e. The maximum absolute atomic E-state index is 13.2. The molecular weight excluding hydrogens is 431 g/mol. The number of carbonyl (C=O) groups is 2. The Labute approximate surface area is 190 Å². The fourth-order valence-electron chi connectivity index (χ4n) is 3.24. The number of anilines is 2. The van der Waals surface area contributed by atoms with Crippen LogP contribution in [0, 0.1) is 6.92 Å². The zero-order valence-electron chi connectivity index (χ0n) is 18.0. The van der Waals surface area contributed by atoms with E-state index in [1.807, 2.05) is 13.0 Å². The molecule has 0 saturated heterocycles. The number of nitrogens with zero attached hydrogens (tertiary/aromatic N) is 1. The molecule has 0 spiro atoms. The van der Waals surface area contributed by atoms with Gasteiger partial charge >= 0.3 is 12.2 Å². The Bertz CT molecular complexity index is 1100. The monoisotopic (exact) mass is 455 g/mol. The number of benzene rings is 3. The van der Waals surface area contributed by atoms with Gasteiger partial charge in [-0.15, -0.1) is 0 Å². The van der Waals surface area contributed by atoms with Crippen LogP contribution in [-0.2, 0) is 6.18 Å². The molecule has 3 aromatic rings. The molecule has 0 aromatic heterocycles. The minimum atomic E-state index is -4.53. The highest BCUT2D eigenvalue weighted by molar-refractivity contribution is 6.01. The van der Waals surface area contributed by atoms with Crippen LogP contribution in [-0.4, -0.2) is 25.0 Å². The molecule has 2 N–H and O–H groups in total. The molecule has 0 aliphatic heterocycles. The highest BCUT2D eigenvalue weighted by Gasteiger charge is 2.31. The van der Waals surface area contributed by atoms with E-state index >= 15 is 0 Å². The highest BCUT2D eigenvalue weighted by Crippen LogP contribution is 2.32. The van der Waals surface area contributed by atoms with Gasteiger partial charge in [-0.05, 0) is 61.4 Å². The molecule has 0 fully saturated rings. The third-order valence-electron chi connectivity index (χ3n) is 4.88. The van der Waals surface area contributed by atoms with Crippen molar-refractivity contribution in [3.8, 4) is 0 Å². The molecule has 3 rings (SSSR count). The number of amides is 3. The van der Waals surface area contributed by atoms with Crippen molar-refractivity contribution in [1.29, 1.82) is 0 Å². The van der Waals surface area contributed by atoms with Crippen LogP contribution in [0.15, 0.2) is 78.9 Å². The Morgan fingerprint density at radius 1 is 0.909 bits per heavy atom. The normalized spacial score (nSPS) is 11.0. The van der Waals surface area contributed by atoms with Gasteiger partial charge in [0.25, 0.3) is 5.91 Å². The molecule has 0 unspecified atom stereocenters. The minimum Gasteiger partial charge on any atom is -0.352 e. The molecule has 0 atom stereocenters. The van der Waals surface area contributed by atoms with Gasteiger partial charge in [-0.25, -0.2) is 4.79 Å². The van der Waals surface area contributed by atoms with E-state index in [2.05, 4.69) is 10.6 Å². The summed E-state index contributed by atoms with van der Waals surface area (Å²) in [6.07, 6.45) is -4.19. The lowest BCUT2D eigenvalue weighted by molar-refractivity contribution is -0.137. The molecule has 3 aromatic carbocycles. The lowest BCUT2D eigenvalue weighted by atomic mass is 10.1. The largest absolute Gasteiger partial charge is 0.416 e. The Morgan fingerprint density at radius 2 is 1.64 bits per heavy atom. The summed E-state index contributed by atoms with van der Waals surface area (Å²) in [7, 11) is 0. The molecule has 172 valence electrons. The number of urea groups is 1. The Hall–Kier alpha value is -3.81. The van der Waals surface area contributed by atoms with Gasteiger partial charge in [0.15, 0.2) is 0 Å². The summed E-state index contributed by atoms with van der Waals surface area (Å²) in [5, 5.41) is 5.49. The first-order chi connectivity index (χ1) is 15.7. The average molecular weight is 455 g/mol. The Morgan fingerprint density at radius 3 is 2.33 bits per heavy atom. The molecule has 0 radical (unpaired) electrons. The zero-order chi connectivity index (χ0) is 23.8. The Balaban J connectivity index is 1.72. The van der Waals surface area contributed by atoms with Gasteiger partial charge in [0.1, 0.15) is 0 Å². The number of aryl methyl sites for hydroxylation is 1. The highest BCUT2D eigenvalue weighted by atomic mass is 19.4. The number of nitrogens with one attached hydrogen (secondary N) is 2. The van der Waals surface area contributed by atoms with Crippen molar-refractivity contribution in [2.75, 3.05) is 23.3 Å². The van der Waals surface area contributed by atoms with Crippen LogP contribution < -0.4 is 15.5 Å². The molecule has 0 aliphatic carbocycles. The van der Waals surface area contributed by atoms with Gasteiger partial charge in [-0.3, -0.25) is 9.69 Å². The van der Waals surface area contributed by atoms with Crippen LogP contribution in [0.2, 0.25) is 0 Å². The van der Waals surface area contributed by atoms with Crippen molar-refractivity contribution in [2.24, 2.45) is 0 Å². The van der Waals surface area contributed by atoms with Crippen LogP contribution in [0.3, 0.4) is 0 Å². The number of halogens is 3. The first kappa shape index (κ1) is 23.8. The molecular formula is C25H24F3N3O2. The summed E-state index contributed by atoms with van der Waals surface area (Å²) in [5.41, 5.74) is 1.25. The average Bonchev–Trinajstić information content (AvgIpc) is 2.79. The molecule has 0 bridgehead atoms. The van der Waals surface area contributed by atoms with Crippen molar-refractivity contribution in [3.63, 3.8) is 0 Å². The molecule has 0 heterocycles. The van der Waals surface area contributed by atoms with E-state index in [9.17, 15) is 22.8 Å². The molecule has 0 saturated carbocycles. The van der Waals surface area contributed by atoms with E-state index in [1.165, 1.54) is 17.0 Å². The summed E-state index contributed by atoms with van der Waals surface area (Å²) >= 11 is 0. The van der Waals surface area contributed by atoms with Crippen molar-refractivity contribution >= 4 is 23.3 Å². The SMILES string of the molecule is Cc1cccc(NC(=O)N(CCCNC(=O)c2ccccc2)c2cccc(C(F)(F)F)c2)c1. The quantitative estimate of drug-likeness (QED) is 0.438. The van der Waals surface area contributed by atoms with Crippen LogP contribution >= 0.6 is 0 Å². The topological polar surface area (TPSA) is 61.4 Å². The summed E-state index contributed by atoms with van der Waals surface area (Å²) in [5.74, 6) is -0.259. The zero-order valence-corrected chi connectivity index (χ0v) is 18.0. The van der Waals surface area contributed by atoms with Gasteiger partial charge < -0.3 is 10.6 Å². The van der Waals surface area contributed by atoms with Crippen molar-refractivity contribution in [1.82, 2.24) is 5.32 Å². The first-order valence-corrected chi connectivity index (χ1v) is 10.4. The van der Waals surface area contributed by atoms with Gasteiger partial charge in [-0.1, -0.05) is 36.4 Å². The van der Waals surface area contributed by atoms with E-state index in [1.54, 1.807) is 48.5 Å². The number of hydrogen-bond acceptors (Lipinski definition) is 2. The third-order valence-corrected chi connectivity index (χ3v) is 4.88. The van der Waals surface area contributed by atoms with Gasteiger partial charge in [0.05, 0.1) is 5.56 Å². The molecule has 3 amide bonds. The van der Waals surface area contributed by atoms with Crippen LogP contribution in [0.25, 0.3) is 0 Å². The summed E-state index contributed by atoms with van der Waals surface area (Å²) in [6.45, 7) is 2.23. The lowest BCUT2D eigenvalue weighted by Crippen LogP contribution is -2.37. The minimum absolute atomic E-state index is 0.105. The summed E-state index contributed by atoms with van der Waals surface area (Å²) in [4.78, 5) is 26.4. The van der Waals surface area contributed by atoms with E-state index in [-0.39, 0.29) is 24.7 Å². The van der Waals surface area contributed by atoms with Crippen molar-refractivity contribution in [3.05, 3.63) is 95.6 Å². The van der Waals surface area contributed by atoms with Crippen molar-refractivity contribution in [2.45, 2.75) is 19.5 Å². The summed E-state index contributed by atoms with van der Waals surface area (Å²) in [6, 6.07) is 19.8. The van der Waals surface area contributed by atoms with E-state index in [4.69, 9.17) is 0 Å². The van der Waals surface area contributed by atoms with Gasteiger partial charge in [0, 0.05) is 30.0 Å². The second-order valence-corrected chi connectivity index (χ2v) is 7.47.